The van der Waals surface area contributed by atoms with Crippen LogP contribution in [0.4, 0.5) is 0 Å². The Bertz CT molecular complexity index is 698. The molecule has 0 bridgehead atoms. The van der Waals surface area contributed by atoms with Gasteiger partial charge in [0.05, 0.1) is 6.61 Å². The summed E-state index contributed by atoms with van der Waals surface area (Å²) in [7, 11) is 0. The minimum atomic E-state index is -2.47. The Morgan fingerprint density at radius 3 is 0.712 bits per heavy atom. The maximum atomic E-state index is 12.9. The average Bonchev–Trinajstić information content (AvgIpc) is 3.15. The number of aliphatic hydroxyl groups is 3. The van der Waals surface area contributed by atoms with E-state index in [1.54, 1.807) is 0 Å². The van der Waals surface area contributed by atoms with E-state index in [9.17, 15) is 24.9 Å². The minimum absolute atomic E-state index is 0.0668. The maximum absolute atomic E-state index is 12.9. The zero-order chi connectivity index (χ0) is 38.2. The molecule has 0 aromatic carbocycles. The monoisotopic (exact) mass is 737 g/mol. The molecule has 0 aliphatic carbocycles. The molecule has 0 aliphatic rings. The van der Waals surface area contributed by atoms with Gasteiger partial charge >= 0.3 is 0 Å². The topological polar surface area (TPSA) is 94.8 Å². The van der Waals surface area contributed by atoms with Gasteiger partial charge in [0.15, 0.2) is 11.6 Å². The molecule has 52 heavy (non-hydrogen) atoms. The molecular formula is C47H92O5. The lowest BCUT2D eigenvalue weighted by molar-refractivity contribution is -0.166. The van der Waals surface area contributed by atoms with Gasteiger partial charge in [0.25, 0.3) is 0 Å². The van der Waals surface area contributed by atoms with Crippen molar-refractivity contribution < 1.29 is 24.9 Å². The van der Waals surface area contributed by atoms with E-state index in [-0.39, 0.29) is 12.8 Å². The molecule has 0 aromatic rings. The molecule has 3 N–H and O–H groups in total. The summed E-state index contributed by atoms with van der Waals surface area (Å²) in [4.78, 5) is 25.9. The van der Waals surface area contributed by atoms with Crippen LogP contribution in [0.1, 0.15) is 271 Å². The Balaban J connectivity index is 3.79. The maximum Gasteiger partial charge on any atom is 0.209 e. The van der Waals surface area contributed by atoms with E-state index in [0.717, 1.165) is 38.5 Å². The molecule has 0 saturated carbocycles. The summed E-state index contributed by atoms with van der Waals surface area (Å²) in [5.74, 6) is -1.27. The summed E-state index contributed by atoms with van der Waals surface area (Å²) in [5.41, 5.74) is -2.47. The second-order valence-corrected chi connectivity index (χ2v) is 16.5. The van der Waals surface area contributed by atoms with E-state index in [1.807, 2.05) is 0 Å². The number of hydrogen-bond donors (Lipinski definition) is 3. The number of carbonyl (C=O) groups is 2. The first-order chi connectivity index (χ1) is 25.4. The van der Waals surface area contributed by atoms with Crippen LogP contribution in [-0.2, 0) is 9.59 Å². The number of ketones is 2. The van der Waals surface area contributed by atoms with Crippen molar-refractivity contribution in [3.63, 3.8) is 0 Å². The smallest absolute Gasteiger partial charge is 0.209 e. The van der Waals surface area contributed by atoms with E-state index in [0.29, 0.717) is 12.8 Å². The van der Waals surface area contributed by atoms with Crippen LogP contribution < -0.4 is 0 Å². The number of Topliss-reactive ketones (excluding diaryl/α,β-unsaturated/α-hetero) is 2. The average molecular weight is 737 g/mol. The number of carbonyl (C=O) groups excluding carboxylic acids is 2. The van der Waals surface area contributed by atoms with Gasteiger partial charge in [-0.1, -0.05) is 245 Å². The summed E-state index contributed by atoms with van der Waals surface area (Å²) in [6.45, 7) is 3.75. The van der Waals surface area contributed by atoms with E-state index in [2.05, 4.69) is 13.8 Å². The highest BCUT2D eigenvalue weighted by atomic mass is 16.4. The summed E-state index contributed by atoms with van der Waals surface area (Å²) in [6, 6.07) is 0. The predicted octanol–water partition coefficient (Wildman–Crippen LogP) is 13.9. The van der Waals surface area contributed by atoms with Gasteiger partial charge in [-0.2, -0.15) is 0 Å². The zero-order valence-corrected chi connectivity index (χ0v) is 35.2. The van der Waals surface area contributed by atoms with Crippen molar-refractivity contribution in [3.05, 3.63) is 0 Å². The van der Waals surface area contributed by atoms with Crippen molar-refractivity contribution in [2.24, 2.45) is 0 Å². The molecular weight excluding hydrogens is 645 g/mol. The first kappa shape index (κ1) is 51.2. The van der Waals surface area contributed by atoms with Gasteiger partial charge in [0.2, 0.25) is 5.60 Å². The van der Waals surface area contributed by atoms with Gasteiger partial charge in [0.1, 0.15) is 6.10 Å². The summed E-state index contributed by atoms with van der Waals surface area (Å²) in [6.07, 6.45) is 46.7. The Labute approximate surface area is 324 Å². The lowest BCUT2D eigenvalue weighted by Gasteiger charge is -2.29. The molecule has 310 valence electrons. The van der Waals surface area contributed by atoms with E-state index >= 15 is 0 Å². The van der Waals surface area contributed by atoms with Crippen LogP contribution in [0.15, 0.2) is 0 Å². The third-order valence-electron chi connectivity index (χ3n) is 11.5. The van der Waals surface area contributed by atoms with Gasteiger partial charge in [-0.3, -0.25) is 9.59 Å². The van der Waals surface area contributed by atoms with Gasteiger partial charge in [-0.15, -0.1) is 0 Å². The fraction of sp³-hybridized carbons (Fsp3) is 0.957. The Hall–Kier alpha value is -0.780. The highest BCUT2D eigenvalue weighted by Crippen LogP contribution is 2.23. The molecule has 0 amide bonds. The van der Waals surface area contributed by atoms with E-state index < -0.39 is 29.9 Å². The molecule has 0 rings (SSSR count). The van der Waals surface area contributed by atoms with E-state index in [4.69, 9.17) is 0 Å². The third-order valence-corrected chi connectivity index (χ3v) is 11.5. The van der Waals surface area contributed by atoms with E-state index in [1.165, 1.54) is 193 Å². The molecule has 1 atom stereocenters. The van der Waals surface area contributed by atoms with Crippen LogP contribution in [0, 0.1) is 0 Å². The lowest BCUT2D eigenvalue weighted by atomic mass is 9.82. The SMILES string of the molecule is CCCCCCCCCCCCCCCCCCCCCC(=O)C(O)(C(=O)CCCCCCCCCCCCCCCCCCCCC)C(O)CO. The molecule has 0 radical (unpaired) electrons. The largest absolute Gasteiger partial charge is 0.394 e. The van der Waals surface area contributed by atoms with Crippen LogP contribution in [-0.4, -0.2) is 45.2 Å². The van der Waals surface area contributed by atoms with Gasteiger partial charge < -0.3 is 15.3 Å². The standard InChI is InChI=1S/C47H92O5/c1-3-5-7-9-11-13-15-17-19-21-23-25-27-29-31-33-35-37-39-41-44(49)47(52,46(51)43-48)45(50)42-40-38-36-34-32-30-28-26-24-22-20-18-16-14-12-10-8-6-4-2/h46,48,51-52H,3-43H2,1-2H3. The third kappa shape index (κ3) is 30.5. The fourth-order valence-corrected chi connectivity index (χ4v) is 7.77. The molecule has 0 spiro atoms. The molecule has 5 nitrogen and oxygen atoms in total. The van der Waals surface area contributed by atoms with Crippen LogP contribution in [0.3, 0.4) is 0 Å². The van der Waals surface area contributed by atoms with Crippen molar-refractivity contribution in [2.75, 3.05) is 6.61 Å². The summed E-state index contributed by atoms with van der Waals surface area (Å²) >= 11 is 0. The Kier molecular flexibility index (Phi) is 39.3. The highest BCUT2D eigenvalue weighted by Gasteiger charge is 2.48. The van der Waals surface area contributed by atoms with Crippen molar-refractivity contribution in [1.82, 2.24) is 0 Å². The molecule has 0 fully saturated rings. The number of hydrogen-bond acceptors (Lipinski definition) is 5. The van der Waals surface area contributed by atoms with Gasteiger partial charge in [-0.25, -0.2) is 0 Å². The molecule has 0 heterocycles. The van der Waals surface area contributed by atoms with Gasteiger partial charge in [0, 0.05) is 12.8 Å². The van der Waals surface area contributed by atoms with Crippen LogP contribution in [0.2, 0.25) is 0 Å². The van der Waals surface area contributed by atoms with Crippen LogP contribution in [0.5, 0.6) is 0 Å². The first-order valence-corrected chi connectivity index (χ1v) is 23.5. The molecule has 0 saturated heterocycles. The fourth-order valence-electron chi connectivity index (χ4n) is 7.77. The normalized spacial score (nSPS) is 12.5. The first-order valence-electron chi connectivity index (χ1n) is 23.5. The minimum Gasteiger partial charge on any atom is -0.394 e. The molecule has 0 aliphatic heterocycles. The Morgan fingerprint density at radius 1 is 0.365 bits per heavy atom. The van der Waals surface area contributed by atoms with Crippen molar-refractivity contribution >= 4 is 11.6 Å². The van der Waals surface area contributed by atoms with Crippen molar-refractivity contribution in [1.29, 1.82) is 0 Å². The highest BCUT2D eigenvalue weighted by molar-refractivity contribution is 6.10. The number of aliphatic hydroxyl groups excluding tert-OH is 2. The van der Waals surface area contributed by atoms with Crippen molar-refractivity contribution in [3.8, 4) is 0 Å². The number of unbranched alkanes of at least 4 members (excludes halogenated alkanes) is 36. The quantitative estimate of drug-likeness (QED) is 0.0428. The zero-order valence-electron chi connectivity index (χ0n) is 35.2. The molecule has 5 heteroatoms. The van der Waals surface area contributed by atoms with Crippen LogP contribution >= 0.6 is 0 Å². The summed E-state index contributed by atoms with van der Waals surface area (Å²) < 4.78 is 0. The second-order valence-electron chi connectivity index (χ2n) is 16.5. The van der Waals surface area contributed by atoms with Gasteiger partial charge in [-0.05, 0) is 12.8 Å². The number of rotatable bonds is 44. The van der Waals surface area contributed by atoms with Crippen LogP contribution in [0.25, 0.3) is 0 Å². The summed E-state index contributed by atoms with van der Waals surface area (Å²) in [5, 5.41) is 30.8. The lowest BCUT2D eigenvalue weighted by Crippen LogP contribution is -2.57. The molecule has 1 unspecified atom stereocenters. The second kappa shape index (κ2) is 39.9. The van der Waals surface area contributed by atoms with Crippen molar-refractivity contribution in [2.45, 2.75) is 282 Å². The Morgan fingerprint density at radius 2 is 0.538 bits per heavy atom. The predicted molar refractivity (Wildman–Crippen MR) is 224 cm³/mol. The molecule has 0 aromatic heterocycles.